The summed E-state index contributed by atoms with van der Waals surface area (Å²) >= 11 is 0. The first-order valence-electron chi connectivity index (χ1n) is 5.00. The lowest BCUT2D eigenvalue weighted by Gasteiger charge is -2.16. The van der Waals surface area contributed by atoms with Gasteiger partial charge in [-0.3, -0.25) is 0 Å². The molecule has 118 valence electrons. The summed E-state index contributed by atoms with van der Waals surface area (Å²) in [4.78, 5) is 14.3. The van der Waals surface area contributed by atoms with Crippen molar-refractivity contribution in [2.45, 2.75) is 12.5 Å². The van der Waals surface area contributed by atoms with Crippen molar-refractivity contribution in [3.8, 4) is 11.8 Å². The molecule has 1 rings (SSSR count). The Morgan fingerprint density at radius 3 is 2.10 bits per heavy atom. The van der Waals surface area contributed by atoms with Gasteiger partial charge in [0.25, 0.3) is 0 Å². The summed E-state index contributed by atoms with van der Waals surface area (Å²) in [6.45, 7) is 0. The van der Waals surface area contributed by atoms with Gasteiger partial charge in [0.05, 0.1) is 19.8 Å². The fourth-order valence-electron chi connectivity index (χ4n) is 1.36. The fraction of sp³-hybridized carbons (Fsp3) is 0.400. The number of carbonyl (C=O) groups excluding carboxylic acids is 1. The summed E-state index contributed by atoms with van der Waals surface area (Å²) in [6.07, 6.45) is -10.3. The molecule has 0 amide bonds. The Morgan fingerprint density at radius 1 is 1.14 bits per heavy atom. The van der Waals surface area contributed by atoms with E-state index in [1.165, 1.54) is 0 Å². The Labute approximate surface area is 113 Å². The maximum absolute atomic E-state index is 12.9. The summed E-state index contributed by atoms with van der Waals surface area (Å²) < 4.78 is 86.6. The van der Waals surface area contributed by atoms with Gasteiger partial charge in [0, 0.05) is 6.07 Å². The second kappa shape index (κ2) is 5.66. The highest BCUT2D eigenvalue weighted by atomic mass is 19.4. The van der Waals surface area contributed by atoms with Gasteiger partial charge in [-0.1, -0.05) is 0 Å². The van der Waals surface area contributed by atoms with Crippen LogP contribution < -0.4 is 9.47 Å². The van der Waals surface area contributed by atoms with E-state index < -0.39 is 41.4 Å². The van der Waals surface area contributed by atoms with Crippen LogP contribution in [0.2, 0.25) is 0 Å². The van der Waals surface area contributed by atoms with Crippen molar-refractivity contribution in [2.75, 3.05) is 14.2 Å². The molecule has 0 aromatic carbocycles. The first kappa shape index (κ1) is 16.9. The third-order valence-electron chi connectivity index (χ3n) is 2.07. The van der Waals surface area contributed by atoms with Crippen LogP contribution in [0.25, 0.3) is 0 Å². The van der Waals surface area contributed by atoms with E-state index in [2.05, 4.69) is 19.2 Å². The first-order valence-corrected chi connectivity index (χ1v) is 5.00. The van der Waals surface area contributed by atoms with Crippen LogP contribution in [-0.4, -0.2) is 31.5 Å². The zero-order valence-corrected chi connectivity index (χ0v) is 10.4. The van der Waals surface area contributed by atoms with Crippen molar-refractivity contribution in [1.29, 1.82) is 0 Å². The number of nitrogens with zero attached hydrogens (tertiary/aromatic N) is 1. The van der Waals surface area contributed by atoms with Gasteiger partial charge in [-0.2, -0.15) is 18.2 Å². The predicted molar refractivity (Wildman–Crippen MR) is 53.8 cm³/mol. The van der Waals surface area contributed by atoms with E-state index in [4.69, 9.17) is 0 Å². The molecule has 11 heteroatoms. The number of halogens is 6. The average Bonchev–Trinajstić information content (AvgIpc) is 2.33. The predicted octanol–water partition coefficient (Wildman–Crippen LogP) is 2.79. The summed E-state index contributed by atoms with van der Waals surface area (Å²) in [5.74, 6) is -4.05. The third kappa shape index (κ3) is 4.13. The van der Waals surface area contributed by atoms with Gasteiger partial charge in [0.1, 0.15) is 5.56 Å². The minimum Gasteiger partial charge on any atom is -0.480 e. The van der Waals surface area contributed by atoms with Crippen LogP contribution in [0.15, 0.2) is 6.07 Å². The van der Waals surface area contributed by atoms with Gasteiger partial charge in [-0.25, -0.2) is 4.79 Å². The number of aromatic nitrogens is 1. The molecule has 0 fully saturated rings. The van der Waals surface area contributed by atoms with E-state index in [9.17, 15) is 31.1 Å². The second-order valence-corrected chi connectivity index (χ2v) is 3.43. The fourth-order valence-corrected chi connectivity index (χ4v) is 1.36. The number of esters is 1. The highest BCUT2D eigenvalue weighted by Gasteiger charge is 2.42. The Bertz CT molecular complexity index is 540. The molecule has 0 unspecified atom stereocenters. The van der Waals surface area contributed by atoms with Crippen molar-refractivity contribution in [3.05, 3.63) is 17.2 Å². The number of hydrogen-bond donors (Lipinski definition) is 0. The standard InChI is InChI=1S/C10H7F6NO4/c1-19-7-6(9(11,12)13)4(8(18)20-2)3-5(17-7)21-10(14,15)16/h3H,1-2H3. The molecule has 0 saturated carbocycles. The van der Waals surface area contributed by atoms with Crippen LogP contribution >= 0.6 is 0 Å². The monoisotopic (exact) mass is 319 g/mol. The molecule has 1 heterocycles. The van der Waals surface area contributed by atoms with E-state index in [-0.39, 0.29) is 6.07 Å². The number of hydrogen-bond acceptors (Lipinski definition) is 5. The Morgan fingerprint density at radius 2 is 1.71 bits per heavy atom. The van der Waals surface area contributed by atoms with Gasteiger partial charge in [0.2, 0.25) is 11.8 Å². The highest BCUT2D eigenvalue weighted by Crippen LogP contribution is 2.40. The van der Waals surface area contributed by atoms with Crippen molar-refractivity contribution in [2.24, 2.45) is 0 Å². The summed E-state index contributed by atoms with van der Waals surface area (Å²) in [5, 5.41) is 0. The van der Waals surface area contributed by atoms with Crippen molar-refractivity contribution in [1.82, 2.24) is 4.98 Å². The molecular formula is C10H7F6NO4. The van der Waals surface area contributed by atoms with E-state index in [1.54, 1.807) is 0 Å². The summed E-state index contributed by atoms with van der Waals surface area (Å²) in [6, 6.07) is 0.171. The molecule has 0 radical (unpaired) electrons. The summed E-state index contributed by atoms with van der Waals surface area (Å²) in [5.41, 5.74) is -2.87. The van der Waals surface area contributed by atoms with E-state index >= 15 is 0 Å². The van der Waals surface area contributed by atoms with E-state index in [0.717, 1.165) is 14.2 Å². The lowest BCUT2D eigenvalue weighted by Crippen LogP contribution is -2.21. The van der Waals surface area contributed by atoms with Gasteiger partial charge in [-0.15, -0.1) is 13.2 Å². The Kier molecular flexibility index (Phi) is 4.54. The first-order chi connectivity index (χ1) is 9.49. The Balaban J connectivity index is 3.54. The molecule has 0 spiro atoms. The number of methoxy groups -OCH3 is 2. The van der Waals surface area contributed by atoms with Gasteiger partial charge in [0.15, 0.2) is 0 Å². The van der Waals surface area contributed by atoms with Gasteiger partial charge < -0.3 is 14.2 Å². The third-order valence-corrected chi connectivity index (χ3v) is 2.07. The molecule has 0 aliphatic rings. The van der Waals surface area contributed by atoms with Crippen LogP contribution in [0.4, 0.5) is 26.3 Å². The highest BCUT2D eigenvalue weighted by molar-refractivity contribution is 5.92. The van der Waals surface area contributed by atoms with Crippen LogP contribution in [0.5, 0.6) is 11.8 Å². The minimum atomic E-state index is -5.20. The largest absolute Gasteiger partial charge is 0.574 e. The lowest BCUT2D eigenvalue weighted by atomic mass is 10.1. The molecule has 0 bridgehead atoms. The zero-order valence-electron chi connectivity index (χ0n) is 10.4. The van der Waals surface area contributed by atoms with Crippen molar-refractivity contribution < 1.29 is 45.3 Å². The maximum Gasteiger partial charge on any atom is 0.574 e. The maximum atomic E-state index is 12.9. The zero-order chi connectivity index (χ0) is 16.4. The molecule has 0 saturated heterocycles. The molecule has 21 heavy (non-hydrogen) atoms. The molecule has 0 atom stereocenters. The normalized spacial score (nSPS) is 12.0. The van der Waals surface area contributed by atoms with Gasteiger partial charge in [-0.05, 0) is 0 Å². The molecular weight excluding hydrogens is 312 g/mol. The molecule has 1 aromatic heterocycles. The van der Waals surface area contributed by atoms with Crippen LogP contribution in [0.3, 0.4) is 0 Å². The van der Waals surface area contributed by atoms with Gasteiger partial charge >= 0.3 is 18.5 Å². The van der Waals surface area contributed by atoms with Crippen molar-refractivity contribution >= 4 is 5.97 Å². The molecule has 1 aromatic rings. The average molecular weight is 319 g/mol. The van der Waals surface area contributed by atoms with Crippen LogP contribution in [-0.2, 0) is 10.9 Å². The second-order valence-electron chi connectivity index (χ2n) is 3.43. The van der Waals surface area contributed by atoms with E-state index in [0.29, 0.717) is 0 Å². The van der Waals surface area contributed by atoms with Crippen LogP contribution in [0.1, 0.15) is 15.9 Å². The molecule has 0 N–H and O–H groups in total. The number of pyridine rings is 1. The summed E-state index contributed by atoms with van der Waals surface area (Å²) in [7, 11) is 1.51. The number of carbonyl (C=O) groups is 1. The number of alkyl halides is 6. The van der Waals surface area contributed by atoms with Crippen molar-refractivity contribution in [3.63, 3.8) is 0 Å². The topological polar surface area (TPSA) is 57.7 Å². The number of rotatable bonds is 3. The quantitative estimate of drug-likeness (QED) is 0.633. The number of ether oxygens (including phenoxy) is 3. The van der Waals surface area contributed by atoms with Crippen LogP contribution in [0, 0.1) is 0 Å². The smallest absolute Gasteiger partial charge is 0.480 e. The lowest BCUT2D eigenvalue weighted by molar-refractivity contribution is -0.276. The minimum absolute atomic E-state index is 0.171. The Hall–Kier alpha value is -2.20. The molecule has 5 nitrogen and oxygen atoms in total. The molecule has 0 aliphatic carbocycles. The van der Waals surface area contributed by atoms with E-state index in [1.807, 2.05) is 0 Å². The molecule has 0 aliphatic heterocycles. The SMILES string of the molecule is COC(=O)c1cc(OC(F)(F)F)nc(OC)c1C(F)(F)F.